The molecule has 0 aliphatic heterocycles. The summed E-state index contributed by atoms with van der Waals surface area (Å²) in [4.78, 5) is 0. The highest BCUT2D eigenvalue weighted by molar-refractivity contribution is 8.00. The van der Waals surface area contributed by atoms with E-state index < -0.39 is 0 Å². The molecule has 0 N–H and O–H groups in total. The molecule has 0 fully saturated rings. The van der Waals surface area contributed by atoms with Crippen molar-refractivity contribution in [3.8, 4) is 12.3 Å². The van der Waals surface area contributed by atoms with Crippen molar-refractivity contribution in [2.45, 2.75) is 13.3 Å². The van der Waals surface area contributed by atoms with Gasteiger partial charge in [-0.1, -0.05) is 6.92 Å². The van der Waals surface area contributed by atoms with Gasteiger partial charge in [-0.2, -0.15) is 11.8 Å². The van der Waals surface area contributed by atoms with Gasteiger partial charge in [-0.05, 0) is 12.2 Å². The second-order valence-electron chi connectivity index (χ2n) is 1.76. The first-order valence-electron chi connectivity index (χ1n) is 2.64. The zero-order chi connectivity index (χ0) is 6.41. The lowest BCUT2D eigenvalue weighted by Gasteiger charge is -1.98. The van der Waals surface area contributed by atoms with E-state index in [4.69, 9.17) is 6.42 Å². The van der Waals surface area contributed by atoms with Crippen LogP contribution in [0.15, 0.2) is 0 Å². The summed E-state index contributed by atoms with van der Waals surface area (Å²) in [6, 6.07) is 0. The monoisotopic (exact) mass is 127 g/mol. The molecule has 0 aliphatic carbocycles. The molecule has 0 aromatic rings. The Bertz CT molecular complexity index is 80.9. The number of hydrogen-bond acceptors (Lipinski definition) is 1. The number of rotatable bonds is 3. The Balaban J connectivity index is 3.02. The minimum atomic E-state index is 0.421. The van der Waals surface area contributed by atoms with Crippen LogP contribution in [0.1, 0.15) is 13.3 Å². The molecule has 0 aliphatic rings. The molecule has 0 rings (SSSR count). The van der Waals surface area contributed by atoms with Crippen LogP contribution in [0.5, 0.6) is 0 Å². The molecule has 0 spiro atoms. The van der Waals surface area contributed by atoms with Gasteiger partial charge < -0.3 is 0 Å². The van der Waals surface area contributed by atoms with Crippen LogP contribution in [-0.2, 0) is 0 Å². The van der Waals surface area contributed by atoms with E-state index in [0.29, 0.717) is 5.92 Å². The zero-order valence-corrected chi connectivity index (χ0v) is 6.00. The van der Waals surface area contributed by atoms with Gasteiger partial charge in [-0.3, -0.25) is 0 Å². The number of hydrogen-bond donors (Lipinski definition) is 0. The summed E-state index contributed by atoms with van der Waals surface area (Å²) in [5.41, 5.74) is 0. The second-order valence-corrected chi connectivity index (χ2v) is 2.58. The summed E-state index contributed by atoms with van der Waals surface area (Å²) in [7, 11) is 0. The minimum absolute atomic E-state index is 0.421. The highest BCUT2D eigenvalue weighted by Crippen LogP contribution is 2.05. The van der Waals surface area contributed by atoms with Gasteiger partial charge in [0.15, 0.2) is 0 Å². The van der Waals surface area contributed by atoms with Gasteiger partial charge >= 0.3 is 0 Å². The quantitative estimate of drug-likeness (QED) is 0.523. The summed E-state index contributed by atoms with van der Waals surface area (Å²) in [5.74, 6) is 4.15. The predicted octanol–water partition coefficient (Wildman–Crippen LogP) is 2.17. The van der Waals surface area contributed by atoms with Gasteiger partial charge in [-0.25, -0.2) is 0 Å². The standard InChI is InChI=1S/C7H11S/c1-4-7(2)5-6-8-3/h1,7H,3,5-6H2,2H3. The first-order chi connectivity index (χ1) is 3.81. The van der Waals surface area contributed by atoms with Gasteiger partial charge in [0.1, 0.15) is 0 Å². The Morgan fingerprint density at radius 2 is 2.50 bits per heavy atom. The Hall–Kier alpha value is -0.0900. The molecule has 0 saturated heterocycles. The van der Waals surface area contributed by atoms with Gasteiger partial charge in [0.05, 0.1) is 0 Å². The summed E-state index contributed by atoms with van der Waals surface area (Å²) in [6.07, 6.45) is 9.86. The van der Waals surface area contributed by atoms with Gasteiger partial charge in [0, 0.05) is 12.2 Å². The van der Waals surface area contributed by atoms with Crippen LogP contribution in [0, 0.1) is 24.5 Å². The van der Waals surface area contributed by atoms with Gasteiger partial charge in [-0.15, -0.1) is 12.3 Å². The lowest BCUT2D eigenvalue weighted by Crippen LogP contribution is -1.90. The summed E-state index contributed by atoms with van der Waals surface area (Å²) < 4.78 is 0. The fraction of sp³-hybridized carbons (Fsp3) is 0.571. The minimum Gasteiger partial charge on any atom is -0.161 e. The maximum Gasteiger partial charge on any atom is 0.0179 e. The molecule has 1 atom stereocenters. The first kappa shape index (κ1) is 7.91. The largest absolute Gasteiger partial charge is 0.161 e. The van der Waals surface area contributed by atoms with Crippen LogP contribution in [0.3, 0.4) is 0 Å². The summed E-state index contributed by atoms with van der Waals surface area (Å²) in [5, 5.41) is 0. The highest BCUT2D eigenvalue weighted by atomic mass is 32.2. The third kappa shape index (κ3) is 4.08. The Kier molecular flexibility index (Phi) is 5.00. The molecular formula is C7H11S. The average Bonchev–Trinajstić information content (AvgIpc) is 1.83. The smallest absolute Gasteiger partial charge is 0.0179 e. The predicted molar refractivity (Wildman–Crippen MR) is 40.4 cm³/mol. The van der Waals surface area contributed by atoms with E-state index in [2.05, 4.69) is 19.1 Å². The van der Waals surface area contributed by atoms with E-state index in [1.807, 2.05) is 0 Å². The van der Waals surface area contributed by atoms with Crippen LogP contribution in [0.4, 0.5) is 0 Å². The maximum atomic E-state index is 5.13. The first-order valence-corrected chi connectivity index (χ1v) is 3.79. The van der Waals surface area contributed by atoms with Gasteiger partial charge in [0.25, 0.3) is 0 Å². The number of thioether (sulfide) groups is 1. The topological polar surface area (TPSA) is 0 Å². The van der Waals surface area contributed by atoms with E-state index in [9.17, 15) is 0 Å². The van der Waals surface area contributed by atoms with Crippen molar-refractivity contribution >= 4 is 11.8 Å². The third-order valence-corrected chi connectivity index (χ3v) is 1.50. The summed E-state index contributed by atoms with van der Waals surface area (Å²) in [6.45, 7) is 2.05. The molecule has 45 valence electrons. The van der Waals surface area contributed by atoms with Crippen LogP contribution in [-0.4, -0.2) is 5.75 Å². The molecular weight excluding hydrogens is 116 g/mol. The second kappa shape index (κ2) is 5.05. The Morgan fingerprint density at radius 3 is 2.88 bits per heavy atom. The molecule has 1 heteroatoms. The normalized spacial score (nSPS) is 12.6. The maximum absolute atomic E-state index is 5.13. The van der Waals surface area contributed by atoms with Crippen molar-refractivity contribution in [2.24, 2.45) is 5.92 Å². The van der Waals surface area contributed by atoms with Crippen LogP contribution < -0.4 is 0 Å². The van der Waals surface area contributed by atoms with Crippen molar-refractivity contribution in [3.63, 3.8) is 0 Å². The molecule has 0 amide bonds. The molecule has 0 aromatic heterocycles. The van der Waals surface area contributed by atoms with E-state index in [1.54, 1.807) is 11.8 Å². The van der Waals surface area contributed by atoms with Crippen LogP contribution in [0.25, 0.3) is 0 Å². The van der Waals surface area contributed by atoms with Crippen molar-refractivity contribution < 1.29 is 0 Å². The molecule has 0 bridgehead atoms. The molecule has 0 saturated carbocycles. The van der Waals surface area contributed by atoms with E-state index in [0.717, 1.165) is 12.2 Å². The van der Waals surface area contributed by atoms with E-state index in [-0.39, 0.29) is 0 Å². The lowest BCUT2D eigenvalue weighted by molar-refractivity contribution is 0.732. The highest BCUT2D eigenvalue weighted by Gasteiger charge is 1.92. The number of terminal acetylenes is 1. The fourth-order valence-corrected chi connectivity index (χ4v) is 0.864. The third-order valence-electron chi connectivity index (χ3n) is 0.980. The molecule has 1 unspecified atom stereocenters. The van der Waals surface area contributed by atoms with E-state index in [1.165, 1.54) is 0 Å². The Labute approximate surface area is 56.1 Å². The lowest BCUT2D eigenvalue weighted by atomic mass is 10.1. The van der Waals surface area contributed by atoms with Crippen molar-refractivity contribution in [2.75, 3.05) is 5.75 Å². The van der Waals surface area contributed by atoms with E-state index >= 15 is 0 Å². The van der Waals surface area contributed by atoms with Crippen LogP contribution >= 0.6 is 11.8 Å². The van der Waals surface area contributed by atoms with Crippen molar-refractivity contribution in [1.29, 1.82) is 0 Å². The van der Waals surface area contributed by atoms with Crippen molar-refractivity contribution in [3.05, 3.63) is 6.26 Å². The Morgan fingerprint density at radius 1 is 1.88 bits per heavy atom. The molecule has 8 heavy (non-hydrogen) atoms. The fourth-order valence-electron chi connectivity index (χ4n) is 0.343. The molecule has 1 radical (unpaired) electrons. The van der Waals surface area contributed by atoms with Gasteiger partial charge in [0.2, 0.25) is 0 Å². The molecule has 0 aromatic carbocycles. The zero-order valence-electron chi connectivity index (χ0n) is 5.18. The average molecular weight is 127 g/mol. The SMILES string of the molecule is C#CC(C)CCS[CH2]. The molecule has 0 nitrogen and oxygen atoms in total. The molecule has 0 heterocycles. The summed E-state index contributed by atoms with van der Waals surface area (Å²) >= 11 is 1.60. The van der Waals surface area contributed by atoms with Crippen molar-refractivity contribution in [1.82, 2.24) is 0 Å². The van der Waals surface area contributed by atoms with Crippen LogP contribution in [0.2, 0.25) is 0 Å².